The molecule has 0 saturated heterocycles. The molecule has 22 heavy (non-hydrogen) atoms. The number of nitrogens with one attached hydrogen (secondary N) is 1. The van der Waals surface area contributed by atoms with Gasteiger partial charge in [0.1, 0.15) is 5.82 Å². The van der Waals surface area contributed by atoms with E-state index in [9.17, 15) is 0 Å². The highest BCUT2D eigenvalue weighted by molar-refractivity contribution is 7.13. The minimum Gasteiger partial charge on any atom is -0.367 e. The van der Waals surface area contributed by atoms with Gasteiger partial charge in [-0.25, -0.2) is 9.97 Å². The van der Waals surface area contributed by atoms with Gasteiger partial charge in [0.05, 0.1) is 10.4 Å². The quantitative estimate of drug-likeness (QED) is 0.731. The van der Waals surface area contributed by atoms with Crippen LogP contribution in [0.5, 0.6) is 0 Å². The smallest absolute Gasteiger partial charge is 0.172 e. The van der Waals surface area contributed by atoms with Crippen molar-refractivity contribution in [2.24, 2.45) is 0 Å². The van der Waals surface area contributed by atoms with E-state index < -0.39 is 0 Å². The number of hydrogen-bond acceptors (Lipinski definition) is 4. The monoisotopic (exact) mass is 309 g/mol. The van der Waals surface area contributed by atoms with Crippen LogP contribution in [0.15, 0.2) is 41.8 Å². The van der Waals surface area contributed by atoms with Crippen molar-refractivity contribution >= 4 is 28.1 Å². The van der Waals surface area contributed by atoms with Gasteiger partial charge in [0, 0.05) is 11.4 Å². The summed E-state index contributed by atoms with van der Waals surface area (Å²) in [5.74, 6) is 1.81. The predicted molar refractivity (Wildman–Crippen MR) is 93.3 cm³/mol. The molecule has 2 heterocycles. The van der Waals surface area contributed by atoms with Gasteiger partial charge < -0.3 is 5.32 Å². The average molecular weight is 309 g/mol. The molecule has 1 aliphatic carbocycles. The predicted octanol–water partition coefficient (Wildman–Crippen LogP) is 5.10. The van der Waals surface area contributed by atoms with Crippen LogP contribution in [0.2, 0.25) is 0 Å². The Hall–Kier alpha value is -1.94. The third-order valence-corrected chi connectivity index (χ3v) is 5.16. The first-order valence-corrected chi connectivity index (χ1v) is 8.85. The second kappa shape index (κ2) is 6.05. The summed E-state index contributed by atoms with van der Waals surface area (Å²) < 4.78 is 0. The maximum absolute atomic E-state index is 4.83. The van der Waals surface area contributed by atoms with E-state index in [2.05, 4.69) is 35.0 Å². The Balaban J connectivity index is 1.77. The second-order valence-electron chi connectivity index (χ2n) is 5.87. The molecule has 0 radical (unpaired) electrons. The Kier molecular flexibility index (Phi) is 3.77. The summed E-state index contributed by atoms with van der Waals surface area (Å²) in [6.07, 6.45) is 6.49. The lowest BCUT2D eigenvalue weighted by Crippen LogP contribution is -2.23. The van der Waals surface area contributed by atoms with Gasteiger partial charge in [-0.1, -0.05) is 37.5 Å². The second-order valence-corrected chi connectivity index (χ2v) is 6.82. The summed E-state index contributed by atoms with van der Waals surface area (Å²) in [6.45, 7) is 0. The molecule has 4 heteroatoms. The summed E-state index contributed by atoms with van der Waals surface area (Å²) in [5.41, 5.74) is 1.01. The first-order valence-electron chi connectivity index (χ1n) is 7.97. The molecular formula is C18H19N3S. The van der Waals surface area contributed by atoms with Crippen molar-refractivity contribution in [3.63, 3.8) is 0 Å². The van der Waals surface area contributed by atoms with Gasteiger partial charge in [-0.2, -0.15) is 0 Å². The molecule has 1 saturated carbocycles. The number of benzene rings is 1. The summed E-state index contributed by atoms with van der Waals surface area (Å²) in [4.78, 5) is 10.7. The minimum absolute atomic E-state index is 0.545. The zero-order valence-corrected chi connectivity index (χ0v) is 13.3. The lowest BCUT2D eigenvalue weighted by molar-refractivity contribution is 0.462. The summed E-state index contributed by atoms with van der Waals surface area (Å²) >= 11 is 1.69. The average Bonchev–Trinajstić information content (AvgIpc) is 3.10. The van der Waals surface area contributed by atoms with E-state index in [-0.39, 0.29) is 0 Å². The van der Waals surface area contributed by atoms with Gasteiger partial charge in [-0.05, 0) is 36.4 Å². The highest BCUT2D eigenvalue weighted by atomic mass is 32.1. The molecule has 1 fully saturated rings. The molecule has 0 atom stereocenters. The van der Waals surface area contributed by atoms with Crippen LogP contribution in [0.3, 0.4) is 0 Å². The maximum atomic E-state index is 4.83. The molecular weight excluding hydrogens is 290 g/mol. The Morgan fingerprint density at radius 3 is 2.64 bits per heavy atom. The number of nitrogens with zero attached hydrogens (tertiary/aromatic N) is 2. The van der Waals surface area contributed by atoms with Crippen molar-refractivity contribution in [3.8, 4) is 10.7 Å². The Labute approximate surface area is 134 Å². The molecule has 0 bridgehead atoms. The van der Waals surface area contributed by atoms with E-state index in [0.717, 1.165) is 27.4 Å². The third kappa shape index (κ3) is 2.71. The van der Waals surface area contributed by atoms with E-state index in [1.165, 1.54) is 32.1 Å². The van der Waals surface area contributed by atoms with Crippen LogP contribution in [-0.2, 0) is 0 Å². The molecule has 2 aromatic heterocycles. The maximum Gasteiger partial charge on any atom is 0.172 e. The zero-order chi connectivity index (χ0) is 14.8. The van der Waals surface area contributed by atoms with Gasteiger partial charge >= 0.3 is 0 Å². The van der Waals surface area contributed by atoms with E-state index >= 15 is 0 Å². The summed E-state index contributed by atoms with van der Waals surface area (Å²) in [5, 5.41) is 6.87. The summed E-state index contributed by atoms with van der Waals surface area (Å²) in [6, 6.07) is 13.0. The van der Waals surface area contributed by atoms with Crippen molar-refractivity contribution in [1.82, 2.24) is 9.97 Å². The van der Waals surface area contributed by atoms with Crippen LogP contribution in [0, 0.1) is 0 Å². The number of thiophene rings is 1. The fraction of sp³-hybridized carbons (Fsp3) is 0.333. The largest absolute Gasteiger partial charge is 0.367 e. The number of anilines is 1. The van der Waals surface area contributed by atoms with Gasteiger partial charge in [-0.15, -0.1) is 11.3 Å². The van der Waals surface area contributed by atoms with Crippen LogP contribution in [0.4, 0.5) is 5.82 Å². The number of aromatic nitrogens is 2. The lowest BCUT2D eigenvalue weighted by atomic mass is 9.95. The van der Waals surface area contributed by atoms with E-state index in [1.807, 2.05) is 12.1 Å². The Bertz CT molecular complexity index is 761. The van der Waals surface area contributed by atoms with Crippen LogP contribution in [-0.4, -0.2) is 16.0 Å². The fourth-order valence-corrected chi connectivity index (χ4v) is 3.80. The molecule has 3 aromatic rings. The van der Waals surface area contributed by atoms with E-state index in [4.69, 9.17) is 9.97 Å². The highest BCUT2D eigenvalue weighted by Crippen LogP contribution is 2.29. The Morgan fingerprint density at radius 1 is 0.955 bits per heavy atom. The SMILES string of the molecule is c1csc(-c2nc(NC3CCCCC3)c3ccccc3n2)c1. The van der Waals surface area contributed by atoms with Gasteiger partial charge in [-0.3, -0.25) is 0 Å². The van der Waals surface area contributed by atoms with Gasteiger partial charge in [0.15, 0.2) is 5.82 Å². The highest BCUT2D eigenvalue weighted by Gasteiger charge is 2.16. The van der Waals surface area contributed by atoms with E-state index in [0.29, 0.717) is 6.04 Å². The minimum atomic E-state index is 0.545. The number of rotatable bonds is 3. The van der Waals surface area contributed by atoms with Crippen LogP contribution in [0.25, 0.3) is 21.6 Å². The van der Waals surface area contributed by atoms with Crippen molar-refractivity contribution < 1.29 is 0 Å². The molecule has 0 spiro atoms. The number of para-hydroxylation sites is 1. The van der Waals surface area contributed by atoms with Gasteiger partial charge in [0.25, 0.3) is 0 Å². The van der Waals surface area contributed by atoms with Crippen molar-refractivity contribution in [1.29, 1.82) is 0 Å². The lowest BCUT2D eigenvalue weighted by Gasteiger charge is -2.24. The molecule has 0 unspecified atom stereocenters. The fourth-order valence-electron chi connectivity index (χ4n) is 3.14. The zero-order valence-electron chi connectivity index (χ0n) is 12.5. The van der Waals surface area contributed by atoms with Crippen molar-refractivity contribution in [3.05, 3.63) is 41.8 Å². The summed E-state index contributed by atoms with van der Waals surface area (Å²) in [7, 11) is 0. The van der Waals surface area contributed by atoms with Gasteiger partial charge in [0.2, 0.25) is 0 Å². The van der Waals surface area contributed by atoms with Crippen LogP contribution >= 0.6 is 11.3 Å². The number of hydrogen-bond donors (Lipinski definition) is 1. The topological polar surface area (TPSA) is 37.8 Å². The molecule has 1 N–H and O–H groups in total. The Morgan fingerprint density at radius 2 is 1.82 bits per heavy atom. The molecule has 0 amide bonds. The molecule has 1 aromatic carbocycles. The normalized spacial score (nSPS) is 16.0. The molecule has 0 aliphatic heterocycles. The standard InChI is InChI=1S/C18H19N3S/c1-2-7-13(8-3-1)19-17-14-9-4-5-10-15(14)20-18(21-17)16-11-6-12-22-16/h4-6,9-13H,1-3,7-8H2,(H,19,20,21). The van der Waals surface area contributed by atoms with Crippen molar-refractivity contribution in [2.45, 2.75) is 38.1 Å². The van der Waals surface area contributed by atoms with Crippen molar-refractivity contribution in [2.75, 3.05) is 5.32 Å². The first-order chi connectivity index (χ1) is 10.9. The first kappa shape index (κ1) is 13.7. The molecule has 1 aliphatic rings. The van der Waals surface area contributed by atoms with Crippen LogP contribution < -0.4 is 5.32 Å². The molecule has 112 valence electrons. The molecule has 4 rings (SSSR count). The van der Waals surface area contributed by atoms with Crippen LogP contribution in [0.1, 0.15) is 32.1 Å². The third-order valence-electron chi connectivity index (χ3n) is 4.29. The molecule has 3 nitrogen and oxygen atoms in total. The van der Waals surface area contributed by atoms with E-state index in [1.54, 1.807) is 11.3 Å². The number of fused-ring (bicyclic) bond motifs is 1.